The van der Waals surface area contributed by atoms with Crippen LogP contribution in [0.3, 0.4) is 0 Å². The molecule has 76 valence electrons. The molecule has 0 fully saturated rings. The van der Waals surface area contributed by atoms with E-state index >= 15 is 0 Å². The number of benzene rings is 1. The molecule has 0 radical (unpaired) electrons. The Bertz CT molecular complexity index is 347. The molecule has 1 atom stereocenters. The van der Waals surface area contributed by atoms with Crippen molar-refractivity contribution < 1.29 is 4.79 Å². The Kier molecular flexibility index (Phi) is 3.97. The normalized spacial score (nSPS) is 12.6. The van der Waals surface area contributed by atoms with Crippen LogP contribution in [0.25, 0.3) is 0 Å². The molecule has 0 amide bonds. The minimum Gasteiger partial charge on any atom is -0.300 e. The van der Waals surface area contributed by atoms with Crippen molar-refractivity contribution in [3.63, 3.8) is 0 Å². The van der Waals surface area contributed by atoms with E-state index in [-0.39, 0.29) is 11.7 Å². The lowest BCUT2D eigenvalue weighted by molar-refractivity contribution is -0.120. The lowest BCUT2D eigenvalue weighted by Gasteiger charge is -2.09. The summed E-state index contributed by atoms with van der Waals surface area (Å²) in [5.74, 6) is 0.185. The molecule has 1 aromatic carbocycles. The zero-order chi connectivity index (χ0) is 10.7. The second-order valence-corrected chi connectivity index (χ2v) is 4.30. The number of halogens is 2. The smallest absolute Gasteiger partial charge is 0.132 e. The lowest BCUT2D eigenvalue weighted by Crippen LogP contribution is -2.09. The van der Waals surface area contributed by atoms with Crippen molar-refractivity contribution in [3.8, 4) is 0 Å². The average molecular weight is 231 g/mol. The van der Waals surface area contributed by atoms with Gasteiger partial charge in [0.15, 0.2) is 0 Å². The fourth-order valence-electron chi connectivity index (χ4n) is 1.16. The maximum Gasteiger partial charge on any atom is 0.132 e. The summed E-state index contributed by atoms with van der Waals surface area (Å²) >= 11 is 11.7. The first-order valence-electron chi connectivity index (χ1n) is 4.45. The van der Waals surface area contributed by atoms with Crippen molar-refractivity contribution in [2.75, 3.05) is 0 Å². The van der Waals surface area contributed by atoms with Crippen molar-refractivity contribution >= 4 is 29.0 Å². The van der Waals surface area contributed by atoms with Crippen molar-refractivity contribution in [2.45, 2.75) is 20.3 Å². The molecule has 0 heterocycles. The Balaban J connectivity index is 2.82. The summed E-state index contributed by atoms with van der Waals surface area (Å²) in [5.41, 5.74) is 0.971. The summed E-state index contributed by atoms with van der Waals surface area (Å²) in [4.78, 5) is 11.1. The molecule has 1 rings (SSSR count). The largest absolute Gasteiger partial charge is 0.300 e. The summed E-state index contributed by atoms with van der Waals surface area (Å²) in [7, 11) is 0. The molecule has 0 saturated heterocycles. The lowest BCUT2D eigenvalue weighted by atomic mass is 9.98. The van der Waals surface area contributed by atoms with Crippen LogP contribution in [0.15, 0.2) is 18.2 Å². The van der Waals surface area contributed by atoms with Crippen LogP contribution in [0.4, 0.5) is 0 Å². The predicted molar refractivity (Wildman–Crippen MR) is 60.0 cm³/mol. The van der Waals surface area contributed by atoms with Gasteiger partial charge in [0.1, 0.15) is 5.78 Å². The molecule has 3 heteroatoms. The minimum absolute atomic E-state index is 0.00803. The molecule has 0 aliphatic carbocycles. The Morgan fingerprint density at radius 2 is 2.07 bits per heavy atom. The number of carbonyl (C=O) groups is 1. The highest BCUT2D eigenvalue weighted by Gasteiger charge is 2.10. The molecular weight excluding hydrogens is 219 g/mol. The second-order valence-electron chi connectivity index (χ2n) is 3.45. The van der Waals surface area contributed by atoms with Crippen LogP contribution in [0.1, 0.15) is 19.4 Å². The molecule has 14 heavy (non-hydrogen) atoms. The van der Waals surface area contributed by atoms with E-state index < -0.39 is 0 Å². The van der Waals surface area contributed by atoms with Crippen molar-refractivity contribution in [2.24, 2.45) is 5.92 Å². The maximum absolute atomic E-state index is 11.1. The van der Waals surface area contributed by atoms with E-state index in [0.29, 0.717) is 16.5 Å². The van der Waals surface area contributed by atoms with Crippen LogP contribution in [0.2, 0.25) is 10.0 Å². The Hall–Kier alpha value is -0.530. The molecule has 0 spiro atoms. The molecule has 0 aliphatic heterocycles. The van der Waals surface area contributed by atoms with Crippen LogP contribution < -0.4 is 0 Å². The highest BCUT2D eigenvalue weighted by atomic mass is 35.5. The van der Waals surface area contributed by atoms with Gasteiger partial charge in [0.05, 0.1) is 0 Å². The van der Waals surface area contributed by atoms with E-state index in [4.69, 9.17) is 23.2 Å². The standard InChI is InChI=1S/C11H12Cl2O/c1-7(8(2)14)5-9-3-4-10(12)6-11(9)13/h3-4,6-7H,5H2,1-2H3/t7-/m0/s1. The van der Waals surface area contributed by atoms with Gasteiger partial charge >= 0.3 is 0 Å². The first-order chi connectivity index (χ1) is 6.50. The van der Waals surface area contributed by atoms with Crippen molar-refractivity contribution in [1.82, 2.24) is 0 Å². The van der Waals surface area contributed by atoms with E-state index in [1.165, 1.54) is 0 Å². The fourth-order valence-corrected chi connectivity index (χ4v) is 1.65. The molecule has 1 aromatic rings. The Morgan fingerprint density at radius 1 is 1.43 bits per heavy atom. The third-order valence-corrected chi connectivity index (χ3v) is 2.82. The number of hydrogen-bond acceptors (Lipinski definition) is 1. The zero-order valence-corrected chi connectivity index (χ0v) is 9.69. The van der Waals surface area contributed by atoms with Gasteiger partial charge in [0.25, 0.3) is 0 Å². The zero-order valence-electron chi connectivity index (χ0n) is 8.18. The van der Waals surface area contributed by atoms with E-state index in [2.05, 4.69) is 0 Å². The average Bonchev–Trinajstić information content (AvgIpc) is 2.09. The number of hydrogen-bond donors (Lipinski definition) is 0. The maximum atomic E-state index is 11.1. The number of ketones is 1. The molecule has 0 N–H and O–H groups in total. The van der Waals surface area contributed by atoms with Gasteiger partial charge in [-0.1, -0.05) is 36.2 Å². The van der Waals surface area contributed by atoms with Gasteiger partial charge in [-0.2, -0.15) is 0 Å². The summed E-state index contributed by atoms with van der Waals surface area (Å²) < 4.78 is 0. The fraction of sp³-hybridized carbons (Fsp3) is 0.364. The molecule has 0 saturated carbocycles. The van der Waals surface area contributed by atoms with Gasteiger partial charge in [-0.05, 0) is 31.0 Å². The highest BCUT2D eigenvalue weighted by molar-refractivity contribution is 6.35. The van der Waals surface area contributed by atoms with Crippen LogP contribution in [0, 0.1) is 5.92 Å². The van der Waals surface area contributed by atoms with Crippen LogP contribution in [-0.2, 0) is 11.2 Å². The van der Waals surface area contributed by atoms with E-state index in [9.17, 15) is 4.79 Å². The summed E-state index contributed by atoms with van der Waals surface area (Å²) in [6.07, 6.45) is 0.672. The van der Waals surface area contributed by atoms with Crippen LogP contribution in [-0.4, -0.2) is 5.78 Å². The first-order valence-corrected chi connectivity index (χ1v) is 5.20. The van der Waals surface area contributed by atoms with Gasteiger partial charge in [-0.3, -0.25) is 4.79 Å². The quantitative estimate of drug-likeness (QED) is 0.773. The summed E-state index contributed by atoms with van der Waals surface area (Å²) in [6.45, 7) is 3.49. The molecule has 0 bridgehead atoms. The van der Waals surface area contributed by atoms with Crippen LogP contribution >= 0.6 is 23.2 Å². The van der Waals surface area contributed by atoms with Crippen molar-refractivity contribution in [1.29, 1.82) is 0 Å². The van der Waals surface area contributed by atoms with Gasteiger partial charge < -0.3 is 0 Å². The number of rotatable bonds is 3. The number of carbonyl (C=O) groups excluding carboxylic acids is 1. The summed E-state index contributed by atoms with van der Waals surface area (Å²) in [6, 6.07) is 5.35. The van der Waals surface area contributed by atoms with Crippen molar-refractivity contribution in [3.05, 3.63) is 33.8 Å². The van der Waals surface area contributed by atoms with Gasteiger partial charge in [0, 0.05) is 16.0 Å². The van der Waals surface area contributed by atoms with E-state index in [1.807, 2.05) is 13.0 Å². The van der Waals surface area contributed by atoms with Gasteiger partial charge in [-0.25, -0.2) is 0 Å². The third-order valence-electron chi connectivity index (χ3n) is 2.24. The Labute approximate surface area is 94.0 Å². The predicted octanol–water partition coefficient (Wildman–Crippen LogP) is 3.76. The molecule has 0 aromatic heterocycles. The van der Waals surface area contributed by atoms with Gasteiger partial charge in [0.2, 0.25) is 0 Å². The SMILES string of the molecule is CC(=O)[C@@H](C)Cc1ccc(Cl)cc1Cl. The third kappa shape index (κ3) is 3.00. The first kappa shape index (κ1) is 11.5. The second kappa shape index (κ2) is 4.81. The summed E-state index contributed by atoms with van der Waals surface area (Å²) in [5, 5.41) is 1.25. The van der Waals surface area contributed by atoms with E-state index in [0.717, 1.165) is 5.56 Å². The topological polar surface area (TPSA) is 17.1 Å². The molecule has 0 unspecified atom stereocenters. The molecular formula is C11H12Cl2O. The molecule has 0 aliphatic rings. The highest BCUT2D eigenvalue weighted by Crippen LogP contribution is 2.23. The van der Waals surface area contributed by atoms with E-state index in [1.54, 1.807) is 19.1 Å². The molecule has 1 nitrogen and oxygen atoms in total. The number of Topliss-reactive ketones (excluding diaryl/α,β-unsaturated/α-hetero) is 1. The Morgan fingerprint density at radius 3 is 2.57 bits per heavy atom. The minimum atomic E-state index is 0.00803. The monoisotopic (exact) mass is 230 g/mol. The van der Waals surface area contributed by atoms with Gasteiger partial charge in [-0.15, -0.1) is 0 Å². The van der Waals surface area contributed by atoms with Crippen LogP contribution in [0.5, 0.6) is 0 Å².